The molecular formula is C17H20N6. The molecule has 1 atom stereocenters. The Bertz CT molecular complexity index is 806. The van der Waals surface area contributed by atoms with Crippen LogP contribution in [0.2, 0.25) is 0 Å². The summed E-state index contributed by atoms with van der Waals surface area (Å²) < 4.78 is 2.29. The minimum absolute atomic E-state index is 0.567. The van der Waals surface area contributed by atoms with Crippen LogP contribution in [0.25, 0.3) is 10.9 Å². The van der Waals surface area contributed by atoms with Crippen molar-refractivity contribution in [3.63, 3.8) is 0 Å². The maximum atomic E-state index is 4.41. The van der Waals surface area contributed by atoms with Crippen molar-refractivity contribution >= 4 is 16.7 Å². The second-order valence-electron chi connectivity index (χ2n) is 6.02. The first-order valence-corrected chi connectivity index (χ1v) is 8.19. The summed E-state index contributed by atoms with van der Waals surface area (Å²) in [5, 5.41) is 13.2. The topological polar surface area (TPSA) is 68.5 Å². The van der Waals surface area contributed by atoms with E-state index in [1.165, 1.54) is 0 Å². The Morgan fingerprint density at radius 1 is 1.22 bits per heavy atom. The highest BCUT2D eigenvalue weighted by atomic mass is 15.3. The van der Waals surface area contributed by atoms with E-state index < -0.39 is 0 Å². The summed E-state index contributed by atoms with van der Waals surface area (Å²) >= 11 is 0. The molecule has 0 radical (unpaired) electrons. The highest BCUT2D eigenvalue weighted by molar-refractivity contribution is 5.88. The van der Waals surface area contributed by atoms with Gasteiger partial charge in [-0.15, -0.1) is 10.2 Å². The average Bonchev–Trinajstić information content (AvgIpc) is 3.02. The number of rotatable bonds is 4. The molecule has 0 bridgehead atoms. The maximum Gasteiger partial charge on any atom is 0.137 e. The summed E-state index contributed by atoms with van der Waals surface area (Å²) in [7, 11) is 0. The van der Waals surface area contributed by atoms with E-state index in [0.29, 0.717) is 5.92 Å². The fourth-order valence-electron chi connectivity index (χ4n) is 3.27. The van der Waals surface area contributed by atoms with Gasteiger partial charge >= 0.3 is 0 Å². The highest BCUT2D eigenvalue weighted by Crippen LogP contribution is 2.23. The fraction of sp³-hybridized carbons (Fsp3) is 0.412. The van der Waals surface area contributed by atoms with E-state index in [1.54, 1.807) is 6.33 Å². The Balaban J connectivity index is 1.49. The molecule has 3 aromatic rings. The van der Waals surface area contributed by atoms with Gasteiger partial charge in [-0.2, -0.15) is 0 Å². The van der Waals surface area contributed by atoms with Crippen LogP contribution in [-0.2, 0) is 19.4 Å². The van der Waals surface area contributed by atoms with E-state index >= 15 is 0 Å². The number of nitrogens with one attached hydrogen (secondary N) is 1. The minimum Gasteiger partial charge on any atom is -0.369 e. The van der Waals surface area contributed by atoms with Crippen LogP contribution in [0.3, 0.4) is 0 Å². The number of hydrogen-bond donors (Lipinski definition) is 1. The van der Waals surface area contributed by atoms with E-state index in [-0.39, 0.29) is 0 Å². The van der Waals surface area contributed by atoms with Crippen LogP contribution in [-0.4, -0.2) is 31.3 Å². The maximum absolute atomic E-state index is 4.41. The third-order valence-electron chi connectivity index (χ3n) is 4.54. The second kappa shape index (κ2) is 5.95. The van der Waals surface area contributed by atoms with Crippen molar-refractivity contribution in [3.8, 4) is 0 Å². The molecule has 1 aliphatic heterocycles. The smallest absolute Gasteiger partial charge is 0.137 e. The summed E-state index contributed by atoms with van der Waals surface area (Å²) in [6.07, 6.45) is 4.70. The monoisotopic (exact) mass is 308 g/mol. The largest absolute Gasteiger partial charge is 0.369 e. The van der Waals surface area contributed by atoms with E-state index in [2.05, 4.69) is 43.0 Å². The van der Waals surface area contributed by atoms with Crippen molar-refractivity contribution in [1.29, 1.82) is 0 Å². The number of anilines is 1. The lowest BCUT2D eigenvalue weighted by molar-refractivity contribution is 0.374. The molecule has 118 valence electrons. The highest BCUT2D eigenvalue weighted by Gasteiger charge is 2.22. The van der Waals surface area contributed by atoms with Gasteiger partial charge in [0, 0.05) is 31.3 Å². The molecule has 1 aromatic carbocycles. The Morgan fingerprint density at radius 3 is 3.04 bits per heavy atom. The Hall–Kier alpha value is -2.50. The van der Waals surface area contributed by atoms with Gasteiger partial charge in [0.15, 0.2) is 0 Å². The van der Waals surface area contributed by atoms with Gasteiger partial charge in [0.05, 0.1) is 5.52 Å². The fourth-order valence-corrected chi connectivity index (χ4v) is 3.27. The molecule has 1 aliphatic rings. The number of hydrogen-bond acceptors (Lipinski definition) is 5. The molecule has 2 aromatic heterocycles. The SMILES string of the molecule is CCc1nnc2n1C[C@@H](CNc1ncnc3ccccc13)CC2. The standard InChI is InChI=1S/C17H20N6/c1-2-15-21-22-16-8-7-12(10-23(15)16)9-18-17-13-5-3-4-6-14(13)19-11-20-17/h3-6,11-12H,2,7-10H2,1H3,(H,18,19,20)/t12-/m1/s1. The summed E-state index contributed by atoms with van der Waals surface area (Å²) in [5.41, 5.74) is 0.975. The Labute approximate surface area is 135 Å². The van der Waals surface area contributed by atoms with Gasteiger partial charge in [-0.25, -0.2) is 9.97 Å². The van der Waals surface area contributed by atoms with Crippen molar-refractivity contribution < 1.29 is 0 Å². The van der Waals surface area contributed by atoms with Crippen LogP contribution in [0, 0.1) is 5.92 Å². The summed E-state index contributed by atoms with van der Waals surface area (Å²) in [4.78, 5) is 8.72. The first-order valence-electron chi connectivity index (χ1n) is 8.19. The number of nitrogens with zero attached hydrogens (tertiary/aromatic N) is 5. The molecule has 4 rings (SSSR count). The van der Waals surface area contributed by atoms with Gasteiger partial charge in [-0.05, 0) is 24.5 Å². The lowest BCUT2D eigenvalue weighted by Gasteiger charge is -2.24. The van der Waals surface area contributed by atoms with E-state index in [9.17, 15) is 0 Å². The third-order valence-corrected chi connectivity index (χ3v) is 4.54. The van der Waals surface area contributed by atoms with E-state index in [1.807, 2.05) is 18.2 Å². The Kier molecular flexibility index (Phi) is 3.65. The van der Waals surface area contributed by atoms with E-state index in [0.717, 1.165) is 60.7 Å². The average molecular weight is 308 g/mol. The predicted molar refractivity (Wildman–Crippen MR) is 89.2 cm³/mol. The van der Waals surface area contributed by atoms with Gasteiger partial charge in [0.1, 0.15) is 23.8 Å². The van der Waals surface area contributed by atoms with Gasteiger partial charge in [0.25, 0.3) is 0 Å². The number of fused-ring (bicyclic) bond motifs is 2. The van der Waals surface area contributed by atoms with E-state index in [4.69, 9.17) is 0 Å². The third kappa shape index (κ3) is 2.65. The zero-order valence-corrected chi connectivity index (χ0v) is 13.2. The van der Waals surface area contributed by atoms with Gasteiger partial charge in [-0.3, -0.25) is 0 Å². The molecule has 1 N–H and O–H groups in total. The van der Waals surface area contributed by atoms with Crippen LogP contribution >= 0.6 is 0 Å². The molecule has 23 heavy (non-hydrogen) atoms. The number of aryl methyl sites for hydroxylation is 2. The van der Waals surface area contributed by atoms with Gasteiger partial charge in [0.2, 0.25) is 0 Å². The van der Waals surface area contributed by atoms with Gasteiger partial charge < -0.3 is 9.88 Å². The molecule has 0 saturated heterocycles. The van der Waals surface area contributed by atoms with Crippen molar-refractivity contribution in [3.05, 3.63) is 42.2 Å². The predicted octanol–water partition coefficient (Wildman–Crippen LogP) is 2.46. The first-order chi connectivity index (χ1) is 11.3. The lowest BCUT2D eigenvalue weighted by atomic mass is 9.99. The van der Waals surface area contributed by atoms with Crippen LogP contribution < -0.4 is 5.32 Å². The summed E-state index contributed by atoms with van der Waals surface area (Å²) in [5.74, 6) is 3.71. The lowest BCUT2D eigenvalue weighted by Crippen LogP contribution is -2.27. The first kappa shape index (κ1) is 14.1. The van der Waals surface area contributed by atoms with Gasteiger partial charge in [-0.1, -0.05) is 19.1 Å². The van der Waals surface area contributed by atoms with Crippen molar-refractivity contribution in [2.45, 2.75) is 32.7 Å². The number of para-hydroxylation sites is 1. The number of benzene rings is 1. The zero-order valence-electron chi connectivity index (χ0n) is 13.2. The molecule has 0 aliphatic carbocycles. The molecule has 0 unspecified atom stereocenters. The zero-order chi connectivity index (χ0) is 15.6. The van der Waals surface area contributed by atoms with Crippen LogP contribution in [0.15, 0.2) is 30.6 Å². The molecule has 0 spiro atoms. The molecule has 0 fully saturated rings. The van der Waals surface area contributed by atoms with Crippen LogP contribution in [0.4, 0.5) is 5.82 Å². The molecule has 0 amide bonds. The molecule has 0 saturated carbocycles. The molecular weight excluding hydrogens is 288 g/mol. The molecule has 6 nitrogen and oxygen atoms in total. The normalized spacial score (nSPS) is 17.2. The summed E-state index contributed by atoms with van der Waals surface area (Å²) in [6.45, 7) is 4.02. The number of aromatic nitrogens is 5. The minimum atomic E-state index is 0.567. The quantitative estimate of drug-likeness (QED) is 0.802. The summed E-state index contributed by atoms with van der Waals surface area (Å²) in [6, 6.07) is 8.10. The van der Waals surface area contributed by atoms with Crippen LogP contribution in [0.1, 0.15) is 25.0 Å². The Morgan fingerprint density at radius 2 is 2.13 bits per heavy atom. The molecule has 3 heterocycles. The van der Waals surface area contributed by atoms with Crippen molar-refractivity contribution in [1.82, 2.24) is 24.7 Å². The molecule has 6 heteroatoms. The van der Waals surface area contributed by atoms with Crippen molar-refractivity contribution in [2.75, 3.05) is 11.9 Å². The second-order valence-corrected chi connectivity index (χ2v) is 6.02. The van der Waals surface area contributed by atoms with Crippen LogP contribution in [0.5, 0.6) is 0 Å². The van der Waals surface area contributed by atoms with Crippen molar-refractivity contribution in [2.24, 2.45) is 5.92 Å².